The van der Waals surface area contributed by atoms with Gasteiger partial charge in [-0.2, -0.15) is 4.31 Å². The largest absolute Gasteiger partial charge is 0.394 e. The molecule has 0 atom stereocenters. The van der Waals surface area contributed by atoms with E-state index in [2.05, 4.69) is 22.6 Å². The van der Waals surface area contributed by atoms with E-state index in [0.717, 1.165) is 3.57 Å². The standard InChI is InChI=1S/C11H16INO3S/c1-11(2,8-14)13(3)17(15,16)10-6-4-9(12)5-7-10/h4-7,14H,8H2,1-3H3. The van der Waals surface area contributed by atoms with Crippen molar-refractivity contribution in [3.63, 3.8) is 0 Å². The first kappa shape index (κ1) is 14.9. The molecule has 0 saturated carbocycles. The van der Waals surface area contributed by atoms with Crippen LogP contribution < -0.4 is 0 Å². The number of benzene rings is 1. The minimum Gasteiger partial charge on any atom is -0.394 e. The summed E-state index contributed by atoms with van der Waals surface area (Å²) in [4.78, 5) is 0.238. The minimum absolute atomic E-state index is 0.229. The van der Waals surface area contributed by atoms with E-state index in [9.17, 15) is 13.5 Å². The van der Waals surface area contributed by atoms with Crippen molar-refractivity contribution >= 4 is 32.6 Å². The fourth-order valence-electron chi connectivity index (χ4n) is 1.19. The second-order valence-corrected chi connectivity index (χ2v) is 7.61. The Labute approximate surface area is 116 Å². The first-order chi connectivity index (χ1) is 7.71. The summed E-state index contributed by atoms with van der Waals surface area (Å²) in [5.74, 6) is 0. The van der Waals surface area contributed by atoms with Crippen LogP contribution in [0.2, 0.25) is 0 Å². The van der Waals surface area contributed by atoms with Gasteiger partial charge in [-0.05, 0) is 60.7 Å². The van der Waals surface area contributed by atoms with Gasteiger partial charge < -0.3 is 5.11 Å². The number of rotatable bonds is 4. The Kier molecular flexibility index (Phi) is 4.56. The maximum Gasteiger partial charge on any atom is 0.243 e. The summed E-state index contributed by atoms with van der Waals surface area (Å²) in [6.07, 6.45) is 0. The zero-order valence-electron chi connectivity index (χ0n) is 10.0. The third-order valence-corrected chi connectivity index (χ3v) is 5.51. The van der Waals surface area contributed by atoms with Gasteiger partial charge in [0, 0.05) is 10.6 Å². The average Bonchev–Trinajstić information content (AvgIpc) is 2.28. The van der Waals surface area contributed by atoms with Crippen molar-refractivity contribution < 1.29 is 13.5 Å². The molecule has 96 valence electrons. The molecule has 0 bridgehead atoms. The highest BCUT2D eigenvalue weighted by molar-refractivity contribution is 14.1. The van der Waals surface area contributed by atoms with Gasteiger partial charge in [0.2, 0.25) is 10.0 Å². The van der Waals surface area contributed by atoms with Crippen molar-refractivity contribution in [3.8, 4) is 0 Å². The normalized spacial score (nSPS) is 13.1. The molecular weight excluding hydrogens is 353 g/mol. The highest BCUT2D eigenvalue weighted by atomic mass is 127. The molecule has 1 aromatic rings. The summed E-state index contributed by atoms with van der Waals surface area (Å²) >= 11 is 2.12. The molecule has 4 nitrogen and oxygen atoms in total. The molecule has 0 saturated heterocycles. The Morgan fingerprint density at radius 3 is 2.18 bits per heavy atom. The van der Waals surface area contributed by atoms with Crippen LogP contribution in [-0.4, -0.2) is 37.0 Å². The molecule has 1 aromatic carbocycles. The van der Waals surface area contributed by atoms with Gasteiger partial charge in [-0.3, -0.25) is 0 Å². The van der Waals surface area contributed by atoms with Gasteiger partial charge in [0.1, 0.15) is 0 Å². The Morgan fingerprint density at radius 2 is 1.76 bits per heavy atom. The maximum atomic E-state index is 12.3. The molecule has 0 heterocycles. The average molecular weight is 369 g/mol. The SMILES string of the molecule is CN(C(C)(C)CO)S(=O)(=O)c1ccc(I)cc1. The summed E-state index contributed by atoms with van der Waals surface area (Å²) in [6.45, 7) is 3.13. The van der Waals surface area contributed by atoms with Crippen molar-refractivity contribution in [1.82, 2.24) is 4.31 Å². The number of aliphatic hydroxyl groups excluding tert-OH is 1. The molecule has 0 aromatic heterocycles. The number of halogens is 1. The third-order valence-electron chi connectivity index (χ3n) is 2.71. The van der Waals surface area contributed by atoms with Crippen LogP contribution in [0.4, 0.5) is 0 Å². The second kappa shape index (κ2) is 5.21. The van der Waals surface area contributed by atoms with Gasteiger partial charge in [-0.25, -0.2) is 8.42 Å². The van der Waals surface area contributed by atoms with Gasteiger partial charge in [-0.1, -0.05) is 0 Å². The van der Waals surface area contributed by atoms with Crippen LogP contribution in [0, 0.1) is 3.57 Å². The van der Waals surface area contributed by atoms with Crippen LogP contribution in [0.3, 0.4) is 0 Å². The molecule has 0 fully saturated rings. The molecule has 0 spiro atoms. The third kappa shape index (κ3) is 3.18. The first-order valence-corrected chi connectivity index (χ1v) is 7.59. The number of hydrogen-bond donors (Lipinski definition) is 1. The Bertz CT molecular complexity index is 482. The predicted octanol–water partition coefficient (Wildman–Crippen LogP) is 1.68. The lowest BCUT2D eigenvalue weighted by Crippen LogP contribution is -2.47. The van der Waals surface area contributed by atoms with Gasteiger partial charge >= 0.3 is 0 Å². The van der Waals surface area contributed by atoms with Crippen LogP contribution in [0.1, 0.15) is 13.8 Å². The zero-order chi connectivity index (χ0) is 13.3. The Hall–Kier alpha value is -0.180. The monoisotopic (exact) mass is 369 g/mol. The Balaban J connectivity index is 3.16. The predicted molar refractivity (Wildman–Crippen MR) is 75.3 cm³/mol. The summed E-state index contributed by atoms with van der Waals surface area (Å²) in [5, 5.41) is 9.21. The van der Waals surface area contributed by atoms with E-state index in [-0.39, 0.29) is 11.5 Å². The first-order valence-electron chi connectivity index (χ1n) is 5.07. The molecule has 1 N–H and O–H groups in total. The smallest absolute Gasteiger partial charge is 0.243 e. The lowest BCUT2D eigenvalue weighted by molar-refractivity contribution is 0.138. The number of likely N-dealkylation sites (N-methyl/N-ethyl adjacent to an activating group) is 1. The molecule has 6 heteroatoms. The topological polar surface area (TPSA) is 57.6 Å². The zero-order valence-corrected chi connectivity index (χ0v) is 13.0. The molecule has 1 rings (SSSR count). The van der Waals surface area contributed by atoms with Gasteiger partial charge in [0.15, 0.2) is 0 Å². The van der Waals surface area contributed by atoms with Crippen molar-refractivity contribution in [2.75, 3.05) is 13.7 Å². The van der Waals surface area contributed by atoms with Gasteiger partial charge in [0.05, 0.1) is 17.0 Å². The number of hydrogen-bond acceptors (Lipinski definition) is 3. The van der Waals surface area contributed by atoms with Crippen LogP contribution >= 0.6 is 22.6 Å². The lowest BCUT2D eigenvalue weighted by Gasteiger charge is -2.32. The van der Waals surface area contributed by atoms with Crippen molar-refractivity contribution in [2.45, 2.75) is 24.3 Å². The summed E-state index contributed by atoms with van der Waals surface area (Å²) in [7, 11) is -2.08. The highest BCUT2D eigenvalue weighted by Crippen LogP contribution is 2.22. The van der Waals surface area contributed by atoms with E-state index in [4.69, 9.17) is 0 Å². The fourth-order valence-corrected chi connectivity index (χ4v) is 3.05. The van der Waals surface area contributed by atoms with Gasteiger partial charge in [0.25, 0.3) is 0 Å². The molecule has 17 heavy (non-hydrogen) atoms. The van der Waals surface area contributed by atoms with Crippen LogP contribution in [-0.2, 0) is 10.0 Å². The molecular formula is C11H16INO3S. The van der Waals surface area contributed by atoms with Crippen LogP contribution in [0.15, 0.2) is 29.2 Å². The number of nitrogens with zero attached hydrogens (tertiary/aromatic N) is 1. The van der Waals surface area contributed by atoms with Crippen LogP contribution in [0.25, 0.3) is 0 Å². The van der Waals surface area contributed by atoms with E-state index in [1.54, 1.807) is 38.1 Å². The molecule has 0 unspecified atom stereocenters. The summed E-state index contributed by atoms with van der Waals surface area (Å²) in [5.41, 5.74) is -0.818. The summed E-state index contributed by atoms with van der Waals surface area (Å²) < 4.78 is 26.7. The molecule has 0 aliphatic rings. The quantitative estimate of drug-likeness (QED) is 0.822. The van der Waals surface area contributed by atoms with E-state index < -0.39 is 15.6 Å². The second-order valence-electron chi connectivity index (χ2n) is 4.40. The van der Waals surface area contributed by atoms with E-state index in [0.29, 0.717) is 0 Å². The number of aliphatic hydroxyl groups is 1. The molecule has 0 radical (unpaired) electrons. The van der Waals surface area contributed by atoms with Crippen LogP contribution in [0.5, 0.6) is 0 Å². The Morgan fingerprint density at radius 1 is 1.29 bits per heavy atom. The lowest BCUT2D eigenvalue weighted by atomic mass is 10.1. The summed E-state index contributed by atoms with van der Waals surface area (Å²) in [6, 6.07) is 6.63. The molecule has 0 aliphatic carbocycles. The highest BCUT2D eigenvalue weighted by Gasteiger charge is 2.33. The van der Waals surface area contributed by atoms with E-state index >= 15 is 0 Å². The van der Waals surface area contributed by atoms with E-state index in [1.807, 2.05) is 0 Å². The molecule has 0 amide bonds. The van der Waals surface area contributed by atoms with Crippen molar-refractivity contribution in [1.29, 1.82) is 0 Å². The number of sulfonamides is 1. The van der Waals surface area contributed by atoms with Gasteiger partial charge in [-0.15, -0.1) is 0 Å². The fraction of sp³-hybridized carbons (Fsp3) is 0.455. The maximum absolute atomic E-state index is 12.3. The minimum atomic E-state index is -3.56. The molecule has 0 aliphatic heterocycles. The van der Waals surface area contributed by atoms with Crippen molar-refractivity contribution in [3.05, 3.63) is 27.8 Å². The van der Waals surface area contributed by atoms with Crippen molar-refractivity contribution in [2.24, 2.45) is 0 Å². The van der Waals surface area contributed by atoms with E-state index in [1.165, 1.54) is 11.4 Å².